The summed E-state index contributed by atoms with van der Waals surface area (Å²) in [4.78, 5) is 44.8. The molecule has 36 heavy (non-hydrogen) atoms. The molecule has 1 aromatic heterocycles. The molecule has 1 N–H and O–H groups in total. The first-order valence-corrected chi connectivity index (χ1v) is 12.0. The Balaban J connectivity index is 1.91. The molecule has 0 bridgehead atoms. The van der Waals surface area contributed by atoms with Crippen molar-refractivity contribution in [3.63, 3.8) is 0 Å². The molecule has 2 aliphatic rings. The van der Waals surface area contributed by atoms with Gasteiger partial charge in [0.25, 0.3) is 0 Å². The average molecular weight is 491 g/mol. The number of pyridine rings is 1. The van der Waals surface area contributed by atoms with E-state index in [0.717, 1.165) is 5.56 Å². The van der Waals surface area contributed by atoms with Crippen molar-refractivity contribution in [1.29, 1.82) is 0 Å². The third kappa shape index (κ3) is 4.51. The maximum atomic E-state index is 14.2. The molecule has 2 heterocycles. The number of ketones is 1. The first-order valence-electron chi connectivity index (χ1n) is 12.0. The van der Waals surface area contributed by atoms with Crippen molar-refractivity contribution in [2.24, 2.45) is 5.92 Å². The predicted molar refractivity (Wildman–Crippen MR) is 132 cm³/mol. The molecule has 2 aromatic rings. The zero-order chi connectivity index (χ0) is 25.8. The van der Waals surface area contributed by atoms with Gasteiger partial charge in [0.15, 0.2) is 5.78 Å². The number of methoxy groups -OCH3 is 1. The van der Waals surface area contributed by atoms with Crippen molar-refractivity contribution >= 4 is 17.7 Å². The van der Waals surface area contributed by atoms with E-state index < -0.39 is 29.7 Å². The Morgan fingerprint density at radius 2 is 1.83 bits per heavy atom. The molecule has 8 heteroatoms. The second-order valence-corrected chi connectivity index (χ2v) is 8.64. The lowest BCUT2D eigenvalue weighted by atomic mass is 9.67. The van der Waals surface area contributed by atoms with Crippen LogP contribution >= 0.6 is 0 Å². The second-order valence-electron chi connectivity index (χ2n) is 8.64. The zero-order valence-electron chi connectivity index (χ0n) is 20.9. The minimum atomic E-state index is -1.09. The van der Waals surface area contributed by atoms with Crippen molar-refractivity contribution in [3.05, 3.63) is 82.5 Å². The van der Waals surface area contributed by atoms with E-state index in [1.54, 1.807) is 46.3 Å². The number of nitrogens with zero attached hydrogens (tertiary/aromatic N) is 1. The van der Waals surface area contributed by atoms with Gasteiger partial charge in [-0.15, -0.1) is 0 Å². The molecule has 1 aliphatic heterocycles. The number of dihydropyridines is 1. The molecule has 0 fully saturated rings. The number of esters is 2. The SMILES string of the molecule is CCOC(=O)C1=C(C)NC2=C(C(=O)C(C(=O)OCC)C(c3ccccc3OC)C2)C1c1cccnc1. The molecular weight excluding hydrogens is 460 g/mol. The number of allylic oxidation sites excluding steroid dienone is 3. The molecule has 1 aromatic carbocycles. The van der Waals surface area contributed by atoms with Gasteiger partial charge in [0, 0.05) is 41.2 Å². The third-order valence-corrected chi connectivity index (χ3v) is 6.61. The maximum Gasteiger partial charge on any atom is 0.336 e. The molecule has 3 unspecified atom stereocenters. The summed E-state index contributed by atoms with van der Waals surface area (Å²) in [7, 11) is 1.56. The van der Waals surface area contributed by atoms with Crippen LogP contribution in [0.2, 0.25) is 0 Å². The van der Waals surface area contributed by atoms with Crippen LogP contribution in [0.15, 0.2) is 71.3 Å². The molecule has 4 rings (SSSR count). The minimum Gasteiger partial charge on any atom is -0.496 e. The largest absolute Gasteiger partial charge is 0.496 e. The van der Waals surface area contributed by atoms with E-state index in [2.05, 4.69) is 10.3 Å². The fraction of sp³-hybridized carbons (Fsp3) is 0.357. The summed E-state index contributed by atoms with van der Waals surface area (Å²) in [6, 6.07) is 10.9. The molecule has 0 spiro atoms. The number of hydrogen-bond acceptors (Lipinski definition) is 8. The summed E-state index contributed by atoms with van der Waals surface area (Å²) in [6.45, 7) is 5.56. The Morgan fingerprint density at radius 1 is 1.08 bits per heavy atom. The zero-order valence-corrected chi connectivity index (χ0v) is 20.9. The lowest BCUT2D eigenvalue weighted by molar-refractivity contribution is -0.152. The molecular formula is C28H30N2O6. The summed E-state index contributed by atoms with van der Waals surface area (Å²) >= 11 is 0. The molecule has 0 saturated carbocycles. The number of ether oxygens (including phenoxy) is 3. The van der Waals surface area contributed by atoms with Gasteiger partial charge < -0.3 is 19.5 Å². The highest BCUT2D eigenvalue weighted by Crippen LogP contribution is 2.49. The van der Waals surface area contributed by atoms with E-state index in [0.29, 0.717) is 40.3 Å². The highest BCUT2D eigenvalue weighted by Gasteiger charge is 2.49. The van der Waals surface area contributed by atoms with E-state index in [1.165, 1.54) is 0 Å². The highest BCUT2D eigenvalue weighted by molar-refractivity contribution is 6.13. The number of hydrogen-bond donors (Lipinski definition) is 1. The van der Waals surface area contributed by atoms with Crippen LogP contribution in [0.5, 0.6) is 5.75 Å². The maximum absolute atomic E-state index is 14.2. The monoisotopic (exact) mass is 490 g/mol. The van der Waals surface area contributed by atoms with Gasteiger partial charge in [-0.25, -0.2) is 4.79 Å². The second kappa shape index (κ2) is 10.8. The van der Waals surface area contributed by atoms with Gasteiger partial charge in [-0.1, -0.05) is 24.3 Å². The average Bonchev–Trinajstić information content (AvgIpc) is 2.88. The minimum absolute atomic E-state index is 0.143. The number of aromatic nitrogens is 1. The van der Waals surface area contributed by atoms with Gasteiger partial charge >= 0.3 is 11.9 Å². The summed E-state index contributed by atoms with van der Waals surface area (Å²) in [6.07, 6.45) is 3.61. The Labute approximate surface area is 210 Å². The lowest BCUT2D eigenvalue weighted by Crippen LogP contribution is -2.43. The van der Waals surface area contributed by atoms with E-state index in [1.807, 2.05) is 30.3 Å². The first kappa shape index (κ1) is 25.2. The van der Waals surface area contributed by atoms with Gasteiger partial charge in [-0.3, -0.25) is 14.6 Å². The van der Waals surface area contributed by atoms with Gasteiger partial charge in [0.05, 0.1) is 25.9 Å². The number of rotatable bonds is 7. The number of para-hydroxylation sites is 1. The predicted octanol–water partition coefficient (Wildman–Crippen LogP) is 3.80. The number of carbonyl (C=O) groups excluding carboxylic acids is 3. The van der Waals surface area contributed by atoms with Gasteiger partial charge in [0.2, 0.25) is 0 Å². The Hall–Kier alpha value is -3.94. The van der Waals surface area contributed by atoms with E-state index in [-0.39, 0.29) is 19.0 Å². The standard InChI is InChI=1S/C28H30N2O6/c1-5-35-27(32)22-16(3)30-20-14-19(18-11-7-8-12-21(18)34-4)24(28(33)36-6-2)26(31)25(20)23(22)17-10-9-13-29-15-17/h7-13,15,19,23-24,30H,5-6,14H2,1-4H3. The molecule has 1 aliphatic carbocycles. The molecule has 188 valence electrons. The molecule has 0 saturated heterocycles. The van der Waals surface area contributed by atoms with Gasteiger partial charge in [0.1, 0.15) is 11.7 Å². The van der Waals surface area contributed by atoms with E-state index >= 15 is 0 Å². The number of Topliss-reactive ketones (excluding diaryl/α,β-unsaturated/α-hetero) is 1. The lowest BCUT2D eigenvalue weighted by Gasteiger charge is -2.39. The topological polar surface area (TPSA) is 104 Å². The van der Waals surface area contributed by atoms with Crippen LogP contribution in [0.3, 0.4) is 0 Å². The first-order chi connectivity index (χ1) is 17.4. The van der Waals surface area contributed by atoms with Crippen LogP contribution in [-0.2, 0) is 23.9 Å². The van der Waals surface area contributed by atoms with Crippen molar-refractivity contribution in [1.82, 2.24) is 10.3 Å². The molecule has 3 atom stereocenters. The Kier molecular flexibility index (Phi) is 7.52. The molecule has 0 radical (unpaired) electrons. The van der Waals surface area contributed by atoms with Crippen LogP contribution in [0.4, 0.5) is 0 Å². The van der Waals surface area contributed by atoms with Gasteiger partial charge in [-0.2, -0.15) is 0 Å². The van der Waals surface area contributed by atoms with E-state index in [4.69, 9.17) is 14.2 Å². The Morgan fingerprint density at radius 3 is 2.50 bits per heavy atom. The molecule has 0 amide bonds. The van der Waals surface area contributed by atoms with Gasteiger partial charge in [-0.05, 0) is 50.5 Å². The van der Waals surface area contributed by atoms with Crippen LogP contribution in [-0.4, -0.2) is 43.0 Å². The number of nitrogens with one attached hydrogen (secondary N) is 1. The number of benzene rings is 1. The number of carbonyl (C=O) groups is 3. The summed E-state index contributed by atoms with van der Waals surface area (Å²) in [5.74, 6) is -3.24. The highest BCUT2D eigenvalue weighted by atomic mass is 16.5. The van der Waals surface area contributed by atoms with Crippen molar-refractivity contribution in [3.8, 4) is 5.75 Å². The fourth-order valence-electron chi connectivity index (χ4n) is 5.16. The fourth-order valence-corrected chi connectivity index (χ4v) is 5.16. The quantitative estimate of drug-likeness (QED) is 0.462. The summed E-state index contributed by atoms with van der Waals surface area (Å²) in [5, 5.41) is 3.29. The normalized spacial score (nSPS) is 21.4. The smallest absolute Gasteiger partial charge is 0.336 e. The summed E-state index contributed by atoms with van der Waals surface area (Å²) < 4.78 is 16.3. The Bertz CT molecular complexity index is 1230. The summed E-state index contributed by atoms with van der Waals surface area (Å²) in [5.41, 5.74) is 3.37. The van der Waals surface area contributed by atoms with Crippen molar-refractivity contribution < 1.29 is 28.6 Å². The van der Waals surface area contributed by atoms with E-state index in [9.17, 15) is 14.4 Å². The van der Waals surface area contributed by atoms with Crippen LogP contribution < -0.4 is 10.1 Å². The molecule has 8 nitrogen and oxygen atoms in total. The van der Waals surface area contributed by atoms with Crippen molar-refractivity contribution in [2.75, 3.05) is 20.3 Å². The van der Waals surface area contributed by atoms with Crippen molar-refractivity contribution in [2.45, 2.75) is 39.0 Å². The van der Waals surface area contributed by atoms with Crippen LogP contribution in [0.25, 0.3) is 0 Å². The van der Waals surface area contributed by atoms with Crippen LogP contribution in [0.1, 0.15) is 50.2 Å². The third-order valence-electron chi connectivity index (χ3n) is 6.61. The van der Waals surface area contributed by atoms with Crippen LogP contribution in [0, 0.1) is 5.92 Å².